The van der Waals surface area contributed by atoms with Gasteiger partial charge in [-0.25, -0.2) is 4.79 Å². The van der Waals surface area contributed by atoms with Crippen molar-refractivity contribution in [2.45, 2.75) is 38.5 Å². The smallest absolute Gasteiger partial charge is 0.410 e. The van der Waals surface area contributed by atoms with E-state index in [4.69, 9.17) is 21.7 Å². The molecule has 2 atom stereocenters. The van der Waals surface area contributed by atoms with Crippen LogP contribution in [-0.2, 0) is 9.47 Å². The Kier molecular flexibility index (Phi) is 2.69. The van der Waals surface area contributed by atoms with E-state index < -0.39 is 5.60 Å². The molecule has 2 aliphatic rings. The van der Waals surface area contributed by atoms with E-state index >= 15 is 0 Å². The van der Waals surface area contributed by atoms with Gasteiger partial charge in [0.1, 0.15) is 11.7 Å². The van der Waals surface area contributed by atoms with Crippen LogP contribution in [-0.4, -0.2) is 47.0 Å². The van der Waals surface area contributed by atoms with Crippen molar-refractivity contribution in [3.8, 4) is 0 Å². The van der Waals surface area contributed by atoms with Crippen LogP contribution >= 0.6 is 12.2 Å². The van der Waals surface area contributed by atoms with E-state index in [-0.39, 0.29) is 18.2 Å². The largest absolute Gasteiger partial charge is 0.464 e. The second-order valence-corrected chi connectivity index (χ2v) is 5.45. The third-order valence-electron chi connectivity index (χ3n) is 2.48. The van der Waals surface area contributed by atoms with Crippen LogP contribution in [0.2, 0.25) is 0 Å². The highest BCUT2D eigenvalue weighted by Gasteiger charge is 2.43. The van der Waals surface area contributed by atoms with Gasteiger partial charge in [0.05, 0.1) is 12.6 Å². The lowest BCUT2D eigenvalue weighted by Gasteiger charge is -2.24. The SMILES string of the molecule is CC(C)(C)OC(=O)N1C[C@@H]2NC(=S)O[C@@H]2C1. The van der Waals surface area contributed by atoms with E-state index in [1.165, 1.54) is 0 Å². The maximum absolute atomic E-state index is 11.8. The Balaban J connectivity index is 1.90. The first-order chi connectivity index (χ1) is 7.35. The van der Waals surface area contributed by atoms with Crippen molar-refractivity contribution in [2.24, 2.45) is 0 Å². The number of amides is 1. The Labute approximate surface area is 100 Å². The summed E-state index contributed by atoms with van der Waals surface area (Å²) in [4.78, 5) is 13.4. The van der Waals surface area contributed by atoms with Gasteiger partial charge >= 0.3 is 6.09 Å². The van der Waals surface area contributed by atoms with Crippen molar-refractivity contribution in [3.63, 3.8) is 0 Å². The lowest BCUT2D eigenvalue weighted by atomic mass is 10.2. The molecule has 90 valence electrons. The molecule has 2 rings (SSSR count). The van der Waals surface area contributed by atoms with Crippen LogP contribution in [0, 0.1) is 0 Å². The number of nitrogens with one attached hydrogen (secondary N) is 1. The number of rotatable bonds is 0. The second-order valence-electron chi connectivity index (χ2n) is 5.08. The summed E-state index contributed by atoms with van der Waals surface area (Å²) in [6, 6.07) is 0.111. The maximum atomic E-state index is 11.8. The molecule has 0 saturated carbocycles. The number of ether oxygens (including phenoxy) is 2. The second kappa shape index (κ2) is 3.76. The first kappa shape index (κ1) is 11.4. The predicted octanol–water partition coefficient (Wildman–Crippen LogP) is 0.879. The van der Waals surface area contributed by atoms with Crippen molar-refractivity contribution in [2.75, 3.05) is 13.1 Å². The molecule has 0 aliphatic carbocycles. The standard InChI is InChI=1S/C10H16N2O3S/c1-10(2,3)15-9(13)12-4-6-7(5-12)14-8(16)11-6/h6-7H,4-5H2,1-3H3,(H,11,16)/t6-,7+/m0/s1. The Morgan fingerprint density at radius 3 is 2.81 bits per heavy atom. The Hall–Kier alpha value is -1.04. The molecular weight excluding hydrogens is 228 g/mol. The summed E-state index contributed by atoms with van der Waals surface area (Å²) in [5.41, 5.74) is -0.460. The van der Waals surface area contributed by atoms with Crippen LogP contribution in [0.3, 0.4) is 0 Å². The zero-order valence-electron chi connectivity index (χ0n) is 9.65. The minimum atomic E-state index is -0.460. The van der Waals surface area contributed by atoms with Gasteiger partial charge in [0, 0.05) is 6.54 Å². The lowest BCUT2D eigenvalue weighted by Crippen LogP contribution is -2.38. The minimum absolute atomic E-state index is 0.0278. The highest BCUT2D eigenvalue weighted by atomic mass is 32.1. The monoisotopic (exact) mass is 244 g/mol. The summed E-state index contributed by atoms with van der Waals surface area (Å²) >= 11 is 4.90. The number of carbonyl (C=O) groups is 1. The van der Waals surface area contributed by atoms with E-state index in [1.54, 1.807) is 4.90 Å². The molecule has 0 unspecified atom stereocenters. The Morgan fingerprint density at radius 2 is 2.25 bits per heavy atom. The molecule has 2 heterocycles. The van der Waals surface area contributed by atoms with E-state index in [1.807, 2.05) is 20.8 Å². The Bertz CT molecular complexity index is 311. The molecule has 0 aromatic heterocycles. The first-order valence-electron chi connectivity index (χ1n) is 5.30. The fourth-order valence-electron chi connectivity index (χ4n) is 1.83. The average Bonchev–Trinajstić information content (AvgIpc) is 2.56. The molecule has 0 aromatic carbocycles. The van der Waals surface area contributed by atoms with E-state index in [9.17, 15) is 4.79 Å². The van der Waals surface area contributed by atoms with Crippen LogP contribution in [0.25, 0.3) is 0 Å². The third kappa shape index (κ3) is 2.37. The topological polar surface area (TPSA) is 50.8 Å². The zero-order valence-corrected chi connectivity index (χ0v) is 10.5. The van der Waals surface area contributed by atoms with Crippen molar-refractivity contribution >= 4 is 23.5 Å². The van der Waals surface area contributed by atoms with Crippen molar-refractivity contribution in [1.82, 2.24) is 10.2 Å². The van der Waals surface area contributed by atoms with Gasteiger partial charge in [0.2, 0.25) is 0 Å². The number of fused-ring (bicyclic) bond motifs is 1. The lowest BCUT2D eigenvalue weighted by molar-refractivity contribution is 0.0270. The molecule has 0 radical (unpaired) electrons. The van der Waals surface area contributed by atoms with Crippen LogP contribution in [0.5, 0.6) is 0 Å². The van der Waals surface area contributed by atoms with Crippen molar-refractivity contribution < 1.29 is 14.3 Å². The molecule has 2 fully saturated rings. The van der Waals surface area contributed by atoms with Crippen LogP contribution in [0.1, 0.15) is 20.8 Å². The maximum Gasteiger partial charge on any atom is 0.410 e. The first-order valence-corrected chi connectivity index (χ1v) is 5.71. The number of nitrogens with zero attached hydrogens (tertiary/aromatic N) is 1. The third-order valence-corrected chi connectivity index (χ3v) is 2.69. The zero-order chi connectivity index (χ0) is 11.9. The quantitative estimate of drug-likeness (QED) is 0.641. The average molecular weight is 244 g/mol. The van der Waals surface area contributed by atoms with Gasteiger partial charge in [-0.05, 0) is 33.0 Å². The van der Waals surface area contributed by atoms with E-state index in [0.29, 0.717) is 18.3 Å². The van der Waals surface area contributed by atoms with Gasteiger partial charge in [-0.3, -0.25) is 0 Å². The molecule has 0 aromatic rings. The van der Waals surface area contributed by atoms with E-state index in [0.717, 1.165) is 0 Å². The molecule has 2 saturated heterocycles. The fourth-order valence-corrected chi connectivity index (χ4v) is 2.11. The van der Waals surface area contributed by atoms with Gasteiger partial charge in [-0.1, -0.05) is 0 Å². The number of carbonyl (C=O) groups excluding carboxylic acids is 1. The van der Waals surface area contributed by atoms with Gasteiger partial charge in [0.25, 0.3) is 5.17 Å². The summed E-state index contributed by atoms with van der Waals surface area (Å²) in [7, 11) is 0. The summed E-state index contributed by atoms with van der Waals surface area (Å²) < 4.78 is 10.7. The van der Waals surface area contributed by atoms with Gasteiger partial charge < -0.3 is 19.7 Å². The summed E-state index contributed by atoms with van der Waals surface area (Å²) in [5.74, 6) is 0. The predicted molar refractivity (Wildman–Crippen MR) is 62.2 cm³/mol. The number of hydrogen-bond donors (Lipinski definition) is 1. The molecule has 5 nitrogen and oxygen atoms in total. The highest BCUT2D eigenvalue weighted by molar-refractivity contribution is 7.80. The molecule has 1 N–H and O–H groups in total. The highest BCUT2D eigenvalue weighted by Crippen LogP contribution is 2.21. The Morgan fingerprint density at radius 1 is 1.56 bits per heavy atom. The van der Waals surface area contributed by atoms with Gasteiger partial charge in [0.15, 0.2) is 0 Å². The van der Waals surface area contributed by atoms with Gasteiger partial charge in [-0.2, -0.15) is 0 Å². The molecule has 16 heavy (non-hydrogen) atoms. The fraction of sp³-hybridized carbons (Fsp3) is 0.800. The van der Waals surface area contributed by atoms with Crippen LogP contribution < -0.4 is 5.32 Å². The summed E-state index contributed by atoms with van der Waals surface area (Å²) in [6.45, 7) is 6.68. The van der Waals surface area contributed by atoms with Gasteiger partial charge in [-0.15, -0.1) is 0 Å². The summed E-state index contributed by atoms with van der Waals surface area (Å²) in [6.07, 6.45) is -0.321. The van der Waals surface area contributed by atoms with E-state index in [2.05, 4.69) is 5.32 Å². The molecule has 2 aliphatic heterocycles. The molecule has 0 spiro atoms. The van der Waals surface area contributed by atoms with Crippen molar-refractivity contribution in [3.05, 3.63) is 0 Å². The minimum Gasteiger partial charge on any atom is -0.464 e. The number of thiocarbonyl (C=S) groups is 1. The molecular formula is C10H16N2O3S. The number of likely N-dealkylation sites (tertiary alicyclic amines) is 1. The number of hydrogen-bond acceptors (Lipinski definition) is 4. The molecule has 0 bridgehead atoms. The van der Waals surface area contributed by atoms with Crippen molar-refractivity contribution in [1.29, 1.82) is 0 Å². The van der Waals surface area contributed by atoms with Crippen LogP contribution in [0.15, 0.2) is 0 Å². The molecule has 1 amide bonds. The summed E-state index contributed by atoms with van der Waals surface area (Å²) in [5, 5.41) is 3.45. The normalized spacial score (nSPS) is 28.4. The van der Waals surface area contributed by atoms with Crippen LogP contribution in [0.4, 0.5) is 4.79 Å². The molecule has 6 heteroatoms.